The second-order valence-corrected chi connectivity index (χ2v) is 5.25. The molecular formula is C16H23NO3. The monoisotopic (exact) mass is 277 g/mol. The van der Waals surface area contributed by atoms with Gasteiger partial charge in [0, 0.05) is 19.0 Å². The summed E-state index contributed by atoms with van der Waals surface area (Å²) < 4.78 is 0. The lowest BCUT2D eigenvalue weighted by atomic mass is 10.0. The van der Waals surface area contributed by atoms with E-state index in [0.717, 1.165) is 0 Å². The minimum Gasteiger partial charge on any atom is -0.481 e. The molecule has 0 bridgehead atoms. The van der Waals surface area contributed by atoms with Crippen LogP contribution in [0.2, 0.25) is 0 Å². The predicted molar refractivity (Wildman–Crippen MR) is 78.6 cm³/mol. The minimum atomic E-state index is -0.873. The number of hydrogen-bond donors (Lipinski definition) is 1. The van der Waals surface area contributed by atoms with Crippen LogP contribution in [0.25, 0.3) is 0 Å². The third kappa shape index (κ3) is 5.03. The molecule has 1 N–H and O–H groups in total. The standard InChI is InChI=1S/C16H23NO3/c1-12(2)17(11-10-16(19)20)15(18)9-8-14-7-5-4-6-13(14)3/h4-7,12H,8-11H2,1-3H3,(H,19,20). The number of carbonyl (C=O) groups excluding carboxylic acids is 1. The molecule has 4 heteroatoms. The highest BCUT2D eigenvalue weighted by Crippen LogP contribution is 2.12. The lowest BCUT2D eigenvalue weighted by Crippen LogP contribution is -2.38. The summed E-state index contributed by atoms with van der Waals surface area (Å²) in [7, 11) is 0. The largest absolute Gasteiger partial charge is 0.481 e. The van der Waals surface area contributed by atoms with Crippen LogP contribution < -0.4 is 0 Å². The molecule has 1 aromatic carbocycles. The fourth-order valence-electron chi connectivity index (χ4n) is 2.16. The zero-order chi connectivity index (χ0) is 15.1. The van der Waals surface area contributed by atoms with Gasteiger partial charge >= 0.3 is 5.97 Å². The summed E-state index contributed by atoms with van der Waals surface area (Å²) in [6.07, 6.45) is 1.11. The van der Waals surface area contributed by atoms with Gasteiger partial charge in [0.15, 0.2) is 0 Å². The van der Waals surface area contributed by atoms with Crippen molar-refractivity contribution in [3.8, 4) is 0 Å². The van der Waals surface area contributed by atoms with Crippen molar-refractivity contribution in [1.29, 1.82) is 0 Å². The number of hydrogen-bond acceptors (Lipinski definition) is 2. The van der Waals surface area contributed by atoms with Crippen LogP contribution in [0.4, 0.5) is 0 Å². The molecule has 0 aromatic heterocycles. The van der Waals surface area contributed by atoms with Crippen LogP contribution in [0, 0.1) is 6.92 Å². The highest BCUT2D eigenvalue weighted by molar-refractivity contribution is 5.77. The summed E-state index contributed by atoms with van der Waals surface area (Å²) in [5.74, 6) is -0.855. The third-order valence-electron chi connectivity index (χ3n) is 3.38. The van der Waals surface area contributed by atoms with Crippen LogP contribution in [0.15, 0.2) is 24.3 Å². The average Bonchev–Trinajstić information content (AvgIpc) is 2.37. The van der Waals surface area contributed by atoms with Gasteiger partial charge in [0.05, 0.1) is 6.42 Å². The molecule has 4 nitrogen and oxygen atoms in total. The van der Waals surface area contributed by atoms with Crippen LogP contribution in [0.3, 0.4) is 0 Å². The maximum Gasteiger partial charge on any atom is 0.305 e. The first-order chi connectivity index (χ1) is 9.41. The van der Waals surface area contributed by atoms with E-state index in [1.165, 1.54) is 11.1 Å². The molecule has 0 saturated carbocycles. The number of carboxylic acid groups (broad SMARTS) is 1. The number of aryl methyl sites for hydroxylation is 2. The second-order valence-electron chi connectivity index (χ2n) is 5.25. The molecule has 0 radical (unpaired) electrons. The van der Waals surface area contributed by atoms with Crippen LogP contribution in [-0.2, 0) is 16.0 Å². The lowest BCUT2D eigenvalue weighted by molar-refractivity contribution is -0.139. The molecule has 0 heterocycles. The van der Waals surface area contributed by atoms with E-state index in [1.807, 2.05) is 45.0 Å². The van der Waals surface area contributed by atoms with E-state index in [0.29, 0.717) is 12.8 Å². The number of nitrogens with zero attached hydrogens (tertiary/aromatic N) is 1. The van der Waals surface area contributed by atoms with E-state index in [1.54, 1.807) is 4.90 Å². The normalized spacial score (nSPS) is 10.6. The molecule has 110 valence electrons. The summed E-state index contributed by atoms with van der Waals surface area (Å²) in [6, 6.07) is 8.04. The first kappa shape index (κ1) is 16.2. The topological polar surface area (TPSA) is 57.6 Å². The molecule has 20 heavy (non-hydrogen) atoms. The van der Waals surface area contributed by atoms with Crippen LogP contribution in [0.5, 0.6) is 0 Å². The van der Waals surface area contributed by atoms with E-state index in [2.05, 4.69) is 0 Å². The zero-order valence-corrected chi connectivity index (χ0v) is 12.4. The van der Waals surface area contributed by atoms with Crippen LogP contribution in [0.1, 0.15) is 37.8 Å². The second kappa shape index (κ2) is 7.68. The molecule has 0 aliphatic carbocycles. The smallest absolute Gasteiger partial charge is 0.305 e. The first-order valence-electron chi connectivity index (χ1n) is 6.97. The molecule has 0 saturated heterocycles. The Hall–Kier alpha value is -1.84. The Morgan fingerprint density at radius 3 is 2.40 bits per heavy atom. The number of rotatable bonds is 7. The predicted octanol–water partition coefficient (Wildman–Crippen LogP) is 2.64. The SMILES string of the molecule is Cc1ccccc1CCC(=O)N(CCC(=O)O)C(C)C. The summed E-state index contributed by atoms with van der Waals surface area (Å²) in [5.41, 5.74) is 2.35. The zero-order valence-electron chi connectivity index (χ0n) is 12.4. The molecule has 1 aromatic rings. The van der Waals surface area contributed by atoms with Gasteiger partial charge in [-0.2, -0.15) is 0 Å². The average molecular weight is 277 g/mol. The van der Waals surface area contributed by atoms with E-state index in [9.17, 15) is 9.59 Å². The Bertz CT molecular complexity index is 469. The van der Waals surface area contributed by atoms with Crippen LogP contribution in [-0.4, -0.2) is 34.5 Å². The van der Waals surface area contributed by atoms with Gasteiger partial charge in [0.1, 0.15) is 0 Å². The number of benzene rings is 1. The highest BCUT2D eigenvalue weighted by Gasteiger charge is 2.17. The Labute approximate surface area is 120 Å². The van der Waals surface area contributed by atoms with Crippen molar-refractivity contribution in [3.05, 3.63) is 35.4 Å². The van der Waals surface area contributed by atoms with Crippen molar-refractivity contribution in [2.75, 3.05) is 6.54 Å². The maximum absolute atomic E-state index is 12.2. The maximum atomic E-state index is 12.2. The third-order valence-corrected chi connectivity index (χ3v) is 3.38. The van der Waals surface area contributed by atoms with Gasteiger partial charge in [-0.3, -0.25) is 9.59 Å². The Balaban J connectivity index is 2.58. The van der Waals surface area contributed by atoms with Crippen molar-refractivity contribution >= 4 is 11.9 Å². The van der Waals surface area contributed by atoms with E-state index < -0.39 is 5.97 Å². The Kier molecular flexibility index (Phi) is 6.22. The quantitative estimate of drug-likeness (QED) is 0.833. The lowest BCUT2D eigenvalue weighted by Gasteiger charge is -2.26. The van der Waals surface area contributed by atoms with Gasteiger partial charge in [-0.05, 0) is 38.3 Å². The highest BCUT2D eigenvalue weighted by atomic mass is 16.4. The van der Waals surface area contributed by atoms with Gasteiger partial charge < -0.3 is 10.0 Å². The number of aliphatic carboxylic acids is 1. The van der Waals surface area contributed by atoms with Gasteiger partial charge in [-0.15, -0.1) is 0 Å². The fourth-order valence-corrected chi connectivity index (χ4v) is 2.16. The fraction of sp³-hybridized carbons (Fsp3) is 0.500. The van der Waals surface area contributed by atoms with Crippen molar-refractivity contribution < 1.29 is 14.7 Å². The van der Waals surface area contributed by atoms with Crippen molar-refractivity contribution in [1.82, 2.24) is 4.90 Å². The molecule has 0 fully saturated rings. The molecule has 0 atom stereocenters. The molecular weight excluding hydrogens is 254 g/mol. The Morgan fingerprint density at radius 2 is 1.85 bits per heavy atom. The first-order valence-corrected chi connectivity index (χ1v) is 6.97. The van der Waals surface area contributed by atoms with E-state index >= 15 is 0 Å². The summed E-state index contributed by atoms with van der Waals surface area (Å²) in [4.78, 5) is 24.5. The molecule has 1 rings (SSSR count). The Morgan fingerprint density at radius 1 is 1.20 bits per heavy atom. The van der Waals surface area contributed by atoms with Crippen LogP contribution >= 0.6 is 0 Å². The number of carboxylic acids is 1. The van der Waals surface area contributed by atoms with Crippen molar-refractivity contribution in [2.24, 2.45) is 0 Å². The van der Waals surface area contributed by atoms with Gasteiger partial charge in [-0.1, -0.05) is 24.3 Å². The van der Waals surface area contributed by atoms with E-state index in [-0.39, 0.29) is 24.9 Å². The summed E-state index contributed by atoms with van der Waals surface area (Å²) in [6.45, 7) is 6.13. The minimum absolute atomic E-state index is 0.00567. The summed E-state index contributed by atoms with van der Waals surface area (Å²) in [5, 5.41) is 8.73. The number of carbonyl (C=O) groups is 2. The molecule has 0 aliphatic rings. The summed E-state index contributed by atoms with van der Waals surface area (Å²) >= 11 is 0. The van der Waals surface area contributed by atoms with Crippen molar-refractivity contribution in [2.45, 2.75) is 46.1 Å². The number of amides is 1. The molecule has 0 aliphatic heterocycles. The van der Waals surface area contributed by atoms with Crippen molar-refractivity contribution in [3.63, 3.8) is 0 Å². The van der Waals surface area contributed by atoms with Gasteiger partial charge in [0.25, 0.3) is 0 Å². The van der Waals surface area contributed by atoms with Gasteiger partial charge in [0.2, 0.25) is 5.91 Å². The van der Waals surface area contributed by atoms with E-state index in [4.69, 9.17) is 5.11 Å². The molecule has 0 spiro atoms. The molecule has 0 unspecified atom stereocenters. The molecule has 1 amide bonds. The van der Waals surface area contributed by atoms with Gasteiger partial charge in [-0.25, -0.2) is 0 Å².